The van der Waals surface area contributed by atoms with E-state index in [1.807, 2.05) is 0 Å². The zero-order chi connectivity index (χ0) is 14.8. The SMILES string of the molecule is O=C(Cc1ccccc1Cl)Nc1nnc(C(F)(F)F)s1. The number of halogens is 4. The Labute approximate surface area is 120 Å². The van der Waals surface area contributed by atoms with Crippen molar-refractivity contribution < 1.29 is 18.0 Å². The Morgan fingerprint density at radius 3 is 2.60 bits per heavy atom. The van der Waals surface area contributed by atoms with E-state index in [0.717, 1.165) is 0 Å². The van der Waals surface area contributed by atoms with Crippen molar-refractivity contribution in [1.82, 2.24) is 10.2 Å². The van der Waals surface area contributed by atoms with E-state index in [0.29, 0.717) is 10.6 Å². The second-order valence-electron chi connectivity index (χ2n) is 3.73. The number of hydrogen-bond acceptors (Lipinski definition) is 4. The second-order valence-corrected chi connectivity index (χ2v) is 5.11. The molecule has 0 radical (unpaired) electrons. The van der Waals surface area contributed by atoms with E-state index in [9.17, 15) is 18.0 Å². The fourth-order valence-corrected chi connectivity index (χ4v) is 2.20. The van der Waals surface area contributed by atoms with Gasteiger partial charge in [0.2, 0.25) is 16.0 Å². The molecule has 0 unspecified atom stereocenters. The number of carbonyl (C=O) groups is 1. The molecule has 2 rings (SSSR count). The average Bonchev–Trinajstić information content (AvgIpc) is 2.80. The van der Waals surface area contributed by atoms with Crippen molar-refractivity contribution in [2.75, 3.05) is 5.32 Å². The molecule has 2 aromatic rings. The molecule has 0 saturated carbocycles. The Balaban J connectivity index is 2.02. The van der Waals surface area contributed by atoms with Crippen LogP contribution < -0.4 is 5.32 Å². The van der Waals surface area contributed by atoms with Crippen LogP contribution in [0, 0.1) is 0 Å². The summed E-state index contributed by atoms with van der Waals surface area (Å²) in [6.07, 6.45) is -4.62. The summed E-state index contributed by atoms with van der Waals surface area (Å²) < 4.78 is 36.9. The van der Waals surface area contributed by atoms with E-state index >= 15 is 0 Å². The number of alkyl halides is 3. The zero-order valence-electron chi connectivity index (χ0n) is 9.74. The first-order valence-corrected chi connectivity index (χ1v) is 6.49. The van der Waals surface area contributed by atoms with Gasteiger partial charge in [-0.1, -0.05) is 41.1 Å². The molecule has 0 fully saturated rings. The highest BCUT2D eigenvalue weighted by Crippen LogP contribution is 2.33. The van der Waals surface area contributed by atoms with Crippen LogP contribution in [-0.2, 0) is 17.4 Å². The van der Waals surface area contributed by atoms with E-state index in [1.165, 1.54) is 0 Å². The summed E-state index contributed by atoms with van der Waals surface area (Å²) in [5.41, 5.74) is 0.576. The predicted molar refractivity (Wildman–Crippen MR) is 68.7 cm³/mol. The molecule has 106 valence electrons. The Bertz CT molecular complexity index is 629. The van der Waals surface area contributed by atoms with E-state index < -0.39 is 17.1 Å². The number of nitrogens with zero attached hydrogens (tertiary/aromatic N) is 2. The molecule has 0 aliphatic rings. The quantitative estimate of drug-likeness (QED) is 0.942. The van der Waals surface area contributed by atoms with Gasteiger partial charge in [0.1, 0.15) is 0 Å². The average molecular weight is 322 g/mol. The number of anilines is 1. The van der Waals surface area contributed by atoms with Crippen molar-refractivity contribution in [3.63, 3.8) is 0 Å². The van der Waals surface area contributed by atoms with Crippen LogP contribution in [0.25, 0.3) is 0 Å². The fourth-order valence-electron chi connectivity index (χ4n) is 1.37. The first-order chi connectivity index (χ1) is 9.36. The van der Waals surface area contributed by atoms with Crippen LogP contribution >= 0.6 is 22.9 Å². The molecule has 1 aromatic heterocycles. The first-order valence-electron chi connectivity index (χ1n) is 5.30. The highest BCUT2D eigenvalue weighted by atomic mass is 35.5. The normalized spacial score (nSPS) is 11.4. The van der Waals surface area contributed by atoms with Gasteiger partial charge in [-0.2, -0.15) is 13.2 Å². The highest BCUT2D eigenvalue weighted by Gasteiger charge is 2.35. The van der Waals surface area contributed by atoms with Gasteiger partial charge in [0, 0.05) is 5.02 Å². The third-order valence-electron chi connectivity index (χ3n) is 2.22. The smallest absolute Gasteiger partial charge is 0.300 e. The van der Waals surface area contributed by atoms with Gasteiger partial charge in [0.25, 0.3) is 0 Å². The van der Waals surface area contributed by atoms with Crippen LogP contribution in [0.15, 0.2) is 24.3 Å². The van der Waals surface area contributed by atoms with E-state index in [2.05, 4.69) is 15.5 Å². The third kappa shape index (κ3) is 3.67. The Hall–Kier alpha value is -1.67. The molecule has 0 atom stereocenters. The Kier molecular flexibility index (Phi) is 4.24. The van der Waals surface area contributed by atoms with Crippen molar-refractivity contribution in [3.8, 4) is 0 Å². The molecule has 1 N–H and O–H groups in total. The standard InChI is InChI=1S/C11H7ClF3N3OS/c12-7-4-2-1-3-6(7)5-8(19)16-10-18-17-9(20-10)11(13,14)15/h1-4H,5H2,(H,16,18,19). The highest BCUT2D eigenvalue weighted by molar-refractivity contribution is 7.15. The molecule has 0 spiro atoms. The molecule has 20 heavy (non-hydrogen) atoms. The molecule has 0 saturated heterocycles. The maximum Gasteiger partial charge on any atom is 0.445 e. The lowest BCUT2D eigenvalue weighted by molar-refractivity contribution is -0.138. The summed E-state index contributed by atoms with van der Waals surface area (Å²) in [5, 5.41) is 7.60. The van der Waals surface area contributed by atoms with Gasteiger partial charge in [-0.25, -0.2) is 0 Å². The van der Waals surface area contributed by atoms with Crippen LogP contribution in [0.5, 0.6) is 0 Å². The van der Waals surface area contributed by atoms with E-state index in [4.69, 9.17) is 11.6 Å². The minimum absolute atomic E-state index is 0.0550. The van der Waals surface area contributed by atoms with Crippen LogP contribution in [-0.4, -0.2) is 16.1 Å². The zero-order valence-corrected chi connectivity index (χ0v) is 11.3. The molecule has 4 nitrogen and oxygen atoms in total. The molecule has 1 amide bonds. The third-order valence-corrected chi connectivity index (χ3v) is 3.47. The van der Waals surface area contributed by atoms with Gasteiger partial charge in [-0.3, -0.25) is 4.79 Å². The summed E-state index contributed by atoms with van der Waals surface area (Å²) >= 11 is 6.15. The molecule has 0 aliphatic carbocycles. The monoisotopic (exact) mass is 321 g/mol. The number of benzene rings is 1. The summed E-state index contributed by atoms with van der Waals surface area (Å²) in [7, 11) is 0. The van der Waals surface area contributed by atoms with Crippen LogP contribution in [0.4, 0.5) is 18.3 Å². The number of amides is 1. The van der Waals surface area contributed by atoms with Crippen molar-refractivity contribution >= 4 is 34.0 Å². The minimum atomic E-state index is -4.57. The molecular weight excluding hydrogens is 315 g/mol. The van der Waals surface area contributed by atoms with Crippen molar-refractivity contribution in [1.29, 1.82) is 0 Å². The Morgan fingerprint density at radius 1 is 1.30 bits per heavy atom. The topological polar surface area (TPSA) is 54.9 Å². The summed E-state index contributed by atoms with van der Waals surface area (Å²) in [5.74, 6) is -0.511. The van der Waals surface area contributed by atoms with E-state index in [-0.39, 0.29) is 22.9 Å². The summed E-state index contributed by atoms with van der Waals surface area (Å²) in [4.78, 5) is 11.7. The molecule has 0 aliphatic heterocycles. The maximum atomic E-state index is 12.3. The number of rotatable bonds is 3. The molecular formula is C11H7ClF3N3OS. The van der Waals surface area contributed by atoms with Gasteiger partial charge in [-0.05, 0) is 11.6 Å². The number of hydrogen-bond donors (Lipinski definition) is 1. The van der Waals surface area contributed by atoms with Crippen LogP contribution in [0.2, 0.25) is 5.02 Å². The lowest BCUT2D eigenvalue weighted by atomic mass is 10.1. The number of carbonyl (C=O) groups excluding carboxylic acids is 1. The van der Waals surface area contributed by atoms with Crippen molar-refractivity contribution in [2.24, 2.45) is 0 Å². The molecule has 1 heterocycles. The van der Waals surface area contributed by atoms with Gasteiger partial charge in [0.05, 0.1) is 6.42 Å². The first kappa shape index (κ1) is 14.7. The lowest BCUT2D eigenvalue weighted by Gasteiger charge is -2.03. The molecule has 0 bridgehead atoms. The van der Waals surface area contributed by atoms with Crippen LogP contribution in [0.3, 0.4) is 0 Å². The van der Waals surface area contributed by atoms with Gasteiger partial charge in [-0.15, -0.1) is 10.2 Å². The predicted octanol–water partition coefficient (Wildman–Crippen LogP) is 3.39. The minimum Gasteiger partial charge on any atom is -0.300 e. The fraction of sp³-hybridized carbons (Fsp3) is 0.182. The lowest BCUT2D eigenvalue weighted by Crippen LogP contribution is -2.14. The Morgan fingerprint density at radius 2 is 2.00 bits per heavy atom. The van der Waals surface area contributed by atoms with Crippen molar-refractivity contribution in [2.45, 2.75) is 12.6 Å². The maximum absolute atomic E-state index is 12.3. The molecule has 9 heteroatoms. The molecule has 1 aromatic carbocycles. The second kappa shape index (κ2) is 5.76. The van der Waals surface area contributed by atoms with E-state index in [1.54, 1.807) is 24.3 Å². The van der Waals surface area contributed by atoms with Gasteiger partial charge < -0.3 is 5.32 Å². The summed E-state index contributed by atoms with van der Waals surface area (Å²) in [6.45, 7) is 0. The van der Waals surface area contributed by atoms with Gasteiger partial charge >= 0.3 is 6.18 Å². The van der Waals surface area contributed by atoms with Crippen molar-refractivity contribution in [3.05, 3.63) is 39.9 Å². The number of aromatic nitrogens is 2. The van der Waals surface area contributed by atoms with Crippen LogP contribution in [0.1, 0.15) is 10.6 Å². The number of nitrogens with one attached hydrogen (secondary N) is 1. The van der Waals surface area contributed by atoms with Gasteiger partial charge in [0.15, 0.2) is 0 Å². The summed E-state index contributed by atoms with van der Waals surface area (Å²) in [6, 6.07) is 6.70. The largest absolute Gasteiger partial charge is 0.445 e.